The molecule has 1 saturated carbocycles. The van der Waals surface area contributed by atoms with Crippen molar-refractivity contribution in [3.8, 4) is 22.8 Å². The molecule has 2 aliphatic rings. The Morgan fingerprint density at radius 2 is 1.97 bits per heavy atom. The first-order valence-electron chi connectivity index (χ1n) is 11.2. The molecule has 1 aliphatic heterocycles. The minimum atomic E-state index is -4.35. The van der Waals surface area contributed by atoms with Crippen LogP contribution in [0.1, 0.15) is 44.0 Å². The van der Waals surface area contributed by atoms with Gasteiger partial charge in [0, 0.05) is 37.1 Å². The van der Waals surface area contributed by atoms with Crippen LogP contribution in [-0.2, 0) is 18.5 Å². The molecule has 0 spiro atoms. The summed E-state index contributed by atoms with van der Waals surface area (Å²) in [5, 5.41) is 20.7. The summed E-state index contributed by atoms with van der Waals surface area (Å²) < 4.78 is 45.6. The highest BCUT2D eigenvalue weighted by atomic mass is 32.1. The van der Waals surface area contributed by atoms with Crippen LogP contribution in [0.25, 0.3) is 22.8 Å². The number of nitrogens with one attached hydrogen (secondary N) is 1. The Bertz CT molecular complexity index is 1190. The normalized spacial score (nSPS) is 17.6. The Labute approximate surface area is 202 Å². The third-order valence-corrected chi connectivity index (χ3v) is 6.73. The molecule has 12 heteroatoms. The zero-order valence-electron chi connectivity index (χ0n) is 19.0. The van der Waals surface area contributed by atoms with Crippen molar-refractivity contribution in [3.63, 3.8) is 0 Å². The Hall–Kier alpha value is -2.60. The molecule has 3 aromatic heterocycles. The Balaban J connectivity index is 0.00000274. The summed E-state index contributed by atoms with van der Waals surface area (Å²) in [4.78, 5) is 8.90. The van der Waals surface area contributed by atoms with Crippen LogP contribution in [-0.4, -0.2) is 53.2 Å². The van der Waals surface area contributed by atoms with Gasteiger partial charge in [0.25, 0.3) is 0 Å². The van der Waals surface area contributed by atoms with E-state index < -0.39 is 11.6 Å². The van der Waals surface area contributed by atoms with E-state index in [2.05, 4.69) is 25.5 Å². The van der Waals surface area contributed by atoms with Crippen LogP contribution >= 0.6 is 13.5 Å². The molecule has 1 fully saturated rings. The number of aliphatic hydroxyl groups is 1. The lowest BCUT2D eigenvalue weighted by Gasteiger charge is -2.42. The van der Waals surface area contributed by atoms with E-state index in [9.17, 15) is 18.3 Å². The van der Waals surface area contributed by atoms with Gasteiger partial charge in [0.2, 0.25) is 5.95 Å². The number of hydrogen-bond donors (Lipinski definition) is 2. The quantitative estimate of drug-likeness (QED) is 0.559. The molecule has 2 N–H and O–H groups in total. The second kappa shape index (κ2) is 8.88. The van der Waals surface area contributed by atoms with Crippen LogP contribution in [0.5, 0.6) is 0 Å². The number of halogens is 3. The molecule has 1 atom stereocenters. The van der Waals surface area contributed by atoms with Crippen molar-refractivity contribution >= 4 is 19.4 Å². The molecule has 3 aromatic rings. The van der Waals surface area contributed by atoms with Crippen LogP contribution in [0.3, 0.4) is 0 Å². The van der Waals surface area contributed by atoms with Crippen LogP contribution in [0.2, 0.25) is 0 Å². The van der Waals surface area contributed by atoms with Crippen LogP contribution < -0.4 is 5.32 Å². The van der Waals surface area contributed by atoms with E-state index >= 15 is 0 Å². The van der Waals surface area contributed by atoms with Crippen molar-refractivity contribution < 1.29 is 18.3 Å². The van der Waals surface area contributed by atoms with Gasteiger partial charge >= 0.3 is 6.18 Å². The number of fused-ring (bicyclic) bond motifs is 3. The maximum Gasteiger partial charge on any atom is 0.401 e. The van der Waals surface area contributed by atoms with E-state index in [-0.39, 0.29) is 44.8 Å². The summed E-state index contributed by atoms with van der Waals surface area (Å²) in [5.41, 5.74) is 1.25. The average Bonchev–Trinajstić information content (AvgIpc) is 3.28. The lowest BCUT2D eigenvalue weighted by Crippen LogP contribution is -2.49. The summed E-state index contributed by atoms with van der Waals surface area (Å²) in [5.74, 6) is 0.902. The molecular weight excluding hydrogens is 467 g/mol. The first kappa shape index (κ1) is 24.5. The maximum atomic E-state index is 14.0. The number of alkyl halides is 3. The standard InChI is InChI=1S/C22H26F3N7O.H2S/c1-13-10-26-20(27-14(2)12-33)28-17(13)15-9-16-18-29-30-19(21(5-3-6-21)22(23,24)25)32(18)8-4-7-31(16)11-15;/h9-11,14,33H,3-8,12H2,1-2H3,(H,26,27,28);1H2/t14-;/m0./s1. The highest BCUT2D eigenvalue weighted by Crippen LogP contribution is 2.54. The first-order chi connectivity index (χ1) is 15.7. The number of aryl methyl sites for hydroxylation is 2. The van der Waals surface area contributed by atoms with E-state index in [0.717, 1.165) is 22.5 Å². The van der Waals surface area contributed by atoms with Gasteiger partial charge in [0.1, 0.15) is 11.2 Å². The van der Waals surface area contributed by atoms with Crippen LogP contribution in [0.15, 0.2) is 18.5 Å². The highest BCUT2D eigenvalue weighted by molar-refractivity contribution is 7.59. The lowest BCUT2D eigenvalue weighted by atomic mass is 9.67. The van der Waals surface area contributed by atoms with Crippen molar-refractivity contribution in [1.82, 2.24) is 29.3 Å². The van der Waals surface area contributed by atoms with Crippen molar-refractivity contribution in [2.24, 2.45) is 0 Å². The SMILES string of the molecule is Cc1cnc(N[C@@H](C)CO)nc1-c1cc2n(c1)CCCn1c-2nnc1C1(C(F)(F)F)CCC1.S. The number of aliphatic hydroxyl groups excluding tert-OH is 1. The molecule has 8 nitrogen and oxygen atoms in total. The van der Waals surface area contributed by atoms with Gasteiger partial charge in [-0.2, -0.15) is 26.7 Å². The van der Waals surface area contributed by atoms with E-state index in [0.29, 0.717) is 37.7 Å². The molecular formula is C22H28F3N7OS. The van der Waals surface area contributed by atoms with Crippen molar-refractivity contribution in [2.45, 2.75) is 70.3 Å². The maximum absolute atomic E-state index is 14.0. The largest absolute Gasteiger partial charge is 0.401 e. The van der Waals surface area contributed by atoms with Gasteiger partial charge in [-0.1, -0.05) is 6.42 Å². The predicted molar refractivity (Wildman–Crippen MR) is 126 cm³/mol. The topological polar surface area (TPSA) is 93.7 Å². The number of anilines is 1. The fourth-order valence-corrected chi connectivity index (χ4v) is 4.70. The van der Waals surface area contributed by atoms with E-state index in [1.165, 1.54) is 0 Å². The Morgan fingerprint density at radius 1 is 1.21 bits per heavy atom. The van der Waals surface area contributed by atoms with Gasteiger partial charge < -0.3 is 19.6 Å². The summed E-state index contributed by atoms with van der Waals surface area (Å²) in [7, 11) is 0. The molecule has 34 heavy (non-hydrogen) atoms. The minimum Gasteiger partial charge on any atom is -0.394 e. The Morgan fingerprint density at radius 3 is 2.62 bits per heavy atom. The van der Waals surface area contributed by atoms with Crippen molar-refractivity contribution in [1.29, 1.82) is 0 Å². The van der Waals surface area contributed by atoms with Gasteiger partial charge in [-0.15, -0.1) is 10.2 Å². The summed E-state index contributed by atoms with van der Waals surface area (Å²) in [6.45, 7) is 4.79. The average molecular weight is 496 g/mol. The van der Waals surface area contributed by atoms with Gasteiger partial charge in [-0.3, -0.25) is 0 Å². The monoisotopic (exact) mass is 495 g/mol. The lowest BCUT2D eigenvalue weighted by molar-refractivity contribution is -0.216. The van der Waals surface area contributed by atoms with Gasteiger partial charge in [-0.05, 0) is 44.7 Å². The number of nitrogens with zero attached hydrogens (tertiary/aromatic N) is 6. The Kier molecular flexibility index (Phi) is 6.40. The zero-order valence-corrected chi connectivity index (χ0v) is 20.0. The second-order valence-electron chi connectivity index (χ2n) is 9.05. The van der Waals surface area contributed by atoms with Gasteiger partial charge in [0.15, 0.2) is 5.82 Å². The van der Waals surface area contributed by atoms with Crippen LogP contribution in [0, 0.1) is 6.92 Å². The number of rotatable bonds is 5. The number of aromatic nitrogens is 6. The second-order valence-corrected chi connectivity index (χ2v) is 9.05. The molecule has 0 amide bonds. The van der Waals surface area contributed by atoms with E-state index in [4.69, 9.17) is 0 Å². The molecule has 0 aromatic carbocycles. The third-order valence-electron chi connectivity index (χ3n) is 6.73. The van der Waals surface area contributed by atoms with Crippen molar-refractivity contribution in [2.75, 3.05) is 11.9 Å². The molecule has 1 aliphatic carbocycles. The molecule has 0 radical (unpaired) electrons. The molecule has 0 unspecified atom stereocenters. The fourth-order valence-electron chi connectivity index (χ4n) is 4.70. The molecule has 184 valence electrons. The van der Waals surface area contributed by atoms with E-state index in [1.54, 1.807) is 10.8 Å². The van der Waals surface area contributed by atoms with E-state index in [1.807, 2.05) is 30.7 Å². The summed E-state index contributed by atoms with van der Waals surface area (Å²) in [6, 6.07) is 1.71. The minimum absolute atomic E-state index is 0. The number of hydrogen-bond acceptors (Lipinski definition) is 6. The molecule has 5 rings (SSSR count). The third kappa shape index (κ3) is 3.86. The van der Waals surface area contributed by atoms with Gasteiger partial charge in [0.05, 0.1) is 18.0 Å². The summed E-state index contributed by atoms with van der Waals surface area (Å²) in [6.07, 6.45) is 0.656. The fraction of sp³-hybridized carbons (Fsp3) is 0.545. The molecule has 0 bridgehead atoms. The molecule has 0 saturated heterocycles. The summed E-state index contributed by atoms with van der Waals surface area (Å²) >= 11 is 0. The predicted octanol–water partition coefficient (Wildman–Crippen LogP) is 3.81. The van der Waals surface area contributed by atoms with Crippen molar-refractivity contribution in [3.05, 3.63) is 29.8 Å². The van der Waals surface area contributed by atoms with Crippen LogP contribution in [0.4, 0.5) is 19.1 Å². The highest BCUT2D eigenvalue weighted by Gasteiger charge is 2.62. The van der Waals surface area contributed by atoms with Gasteiger partial charge in [-0.25, -0.2) is 9.97 Å². The molecule has 4 heterocycles. The smallest absolute Gasteiger partial charge is 0.394 e. The first-order valence-corrected chi connectivity index (χ1v) is 11.2. The zero-order chi connectivity index (χ0) is 23.4.